The molecule has 1 aliphatic carbocycles. The maximum absolute atomic E-state index is 10.8. The Hall–Kier alpha value is -1.26. The van der Waals surface area contributed by atoms with Crippen molar-refractivity contribution in [1.29, 1.82) is 0 Å². The molecule has 2 atom stereocenters. The summed E-state index contributed by atoms with van der Waals surface area (Å²) >= 11 is 6.18. The first-order valence-corrected chi connectivity index (χ1v) is 5.35. The second kappa shape index (κ2) is 3.96. The number of ether oxygens (including phenoxy) is 1. The molecular weight excluding hydrogens is 230 g/mol. The number of hydrogen-bond donors (Lipinski definition) is 2. The first kappa shape index (κ1) is 11.2. The molecule has 0 aromatic heterocycles. The number of alkyl halides is 1. The molecule has 3 N–H and O–H groups in total. The number of hydrogen-bond acceptors (Lipinski definition) is 3. The number of aliphatic hydroxyl groups excluding tert-OH is 1. The molecule has 1 aliphatic rings. The van der Waals surface area contributed by atoms with Crippen molar-refractivity contribution in [3.8, 4) is 0 Å². The number of carbonyl (C=O) groups excluding carboxylic acids is 1. The Bertz CT molecular complexity index is 423. The summed E-state index contributed by atoms with van der Waals surface area (Å²) in [6, 6.07) is 7.27. The number of fused-ring (bicyclic) bond motifs is 1. The monoisotopic (exact) mass is 241 g/mol. The van der Waals surface area contributed by atoms with E-state index >= 15 is 0 Å². The summed E-state index contributed by atoms with van der Waals surface area (Å²) in [4.78, 5) is 10.8. The van der Waals surface area contributed by atoms with Crippen LogP contribution in [-0.2, 0) is 16.2 Å². The maximum atomic E-state index is 10.8. The van der Waals surface area contributed by atoms with Crippen LogP contribution in [0.1, 0.15) is 17.5 Å². The molecule has 0 aliphatic heterocycles. The summed E-state index contributed by atoms with van der Waals surface area (Å²) in [6.45, 7) is 0. The van der Waals surface area contributed by atoms with Crippen LogP contribution in [0, 0.1) is 0 Å². The zero-order valence-corrected chi connectivity index (χ0v) is 9.28. The van der Waals surface area contributed by atoms with Gasteiger partial charge in [-0.25, -0.2) is 4.79 Å². The van der Waals surface area contributed by atoms with Gasteiger partial charge in [-0.05, 0) is 18.4 Å². The largest absolute Gasteiger partial charge is 0.420 e. The summed E-state index contributed by atoms with van der Waals surface area (Å²) in [7, 11) is 0. The van der Waals surface area contributed by atoms with Crippen molar-refractivity contribution in [2.75, 3.05) is 0 Å². The van der Waals surface area contributed by atoms with Crippen LogP contribution in [0.5, 0.6) is 0 Å². The van der Waals surface area contributed by atoms with Crippen molar-refractivity contribution in [2.24, 2.45) is 5.73 Å². The number of rotatable bonds is 1. The third-order valence-electron chi connectivity index (χ3n) is 2.75. The number of aryl methyl sites for hydroxylation is 1. The Kier molecular flexibility index (Phi) is 2.78. The van der Waals surface area contributed by atoms with Crippen LogP contribution >= 0.6 is 11.6 Å². The van der Waals surface area contributed by atoms with Crippen LogP contribution in [0.4, 0.5) is 4.79 Å². The molecule has 0 saturated heterocycles. The van der Waals surface area contributed by atoms with Crippen LogP contribution in [-0.4, -0.2) is 17.3 Å². The van der Waals surface area contributed by atoms with Crippen LogP contribution in [0.3, 0.4) is 0 Å². The summed E-state index contributed by atoms with van der Waals surface area (Å²) in [5.74, 6) is 0. The minimum Gasteiger partial charge on any atom is -0.420 e. The summed E-state index contributed by atoms with van der Waals surface area (Å²) in [5.41, 5.74) is 6.54. The second-order valence-electron chi connectivity index (χ2n) is 3.78. The van der Waals surface area contributed by atoms with Crippen molar-refractivity contribution in [1.82, 2.24) is 0 Å². The molecule has 5 heteroatoms. The fourth-order valence-corrected chi connectivity index (χ4v) is 2.37. The van der Waals surface area contributed by atoms with Crippen molar-refractivity contribution in [2.45, 2.75) is 24.0 Å². The van der Waals surface area contributed by atoms with E-state index in [2.05, 4.69) is 0 Å². The van der Waals surface area contributed by atoms with E-state index in [9.17, 15) is 9.90 Å². The number of benzene rings is 1. The first-order valence-electron chi connectivity index (χ1n) is 4.98. The van der Waals surface area contributed by atoms with Crippen LogP contribution in [0.25, 0.3) is 0 Å². The lowest BCUT2D eigenvalue weighted by Gasteiger charge is -2.36. The third-order valence-corrected chi connectivity index (χ3v) is 3.28. The lowest BCUT2D eigenvalue weighted by molar-refractivity contribution is -0.0362. The second-order valence-corrected chi connectivity index (χ2v) is 4.34. The summed E-state index contributed by atoms with van der Waals surface area (Å²) < 4.78 is 4.87. The Labute approximate surface area is 98.0 Å². The lowest BCUT2D eigenvalue weighted by Crippen LogP contribution is -2.43. The van der Waals surface area contributed by atoms with E-state index in [-0.39, 0.29) is 0 Å². The summed E-state index contributed by atoms with van der Waals surface area (Å²) in [6.07, 6.45) is -0.802. The van der Waals surface area contributed by atoms with Gasteiger partial charge in [-0.2, -0.15) is 0 Å². The zero-order valence-electron chi connectivity index (χ0n) is 8.52. The minimum absolute atomic E-state index is 0.438. The fraction of sp³-hybridized carbons (Fsp3) is 0.364. The van der Waals surface area contributed by atoms with Crippen molar-refractivity contribution < 1.29 is 14.6 Å². The van der Waals surface area contributed by atoms with Crippen molar-refractivity contribution in [3.63, 3.8) is 0 Å². The normalized spacial score (nSPS) is 28.2. The topological polar surface area (TPSA) is 72.6 Å². The van der Waals surface area contributed by atoms with Gasteiger partial charge in [-0.3, -0.25) is 0 Å². The van der Waals surface area contributed by atoms with Gasteiger partial charge in [0.1, 0.15) is 6.10 Å². The van der Waals surface area contributed by atoms with Gasteiger partial charge in [0.05, 0.1) is 0 Å². The molecule has 0 fully saturated rings. The Balaban J connectivity index is 2.47. The molecule has 0 saturated carbocycles. The summed E-state index contributed by atoms with van der Waals surface area (Å²) in [5, 5.41) is 8.30. The van der Waals surface area contributed by atoms with Gasteiger partial charge >= 0.3 is 6.09 Å². The number of amides is 1. The average molecular weight is 242 g/mol. The molecule has 1 aromatic rings. The number of carbonyl (C=O) groups is 1. The molecule has 86 valence electrons. The predicted molar refractivity (Wildman–Crippen MR) is 59.0 cm³/mol. The van der Waals surface area contributed by atoms with E-state index in [0.29, 0.717) is 18.4 Å². The van der Waals surface area contributed by atoms with Gasteiger partial charge in [0.2, 0.25) is 5.06 Å². The van der Waals surface area contributed by atoms with E-state index in [1.807, 2.05) is 12.1 Å². The molecule has 1 amide bonds. The third kappa shape index (κ3) is 1.74. The van der Waals surface area contributed by atoms with Gasteiger partial charge in [0, 0.05) is 5.56 Å². The van der Waals surface area contributed by atoms with Gasteiger partial charge in [-0.15, -0.1) is 0 Å². The molecule has 0 bridgehead atoms. The molecule has 1 aromatic carbocycles. The van der Waals surface area contributed by atoms with Gasteiger partial charge in [-0.1, -0.05) is 35.9 Å². The fourth-order valence-electron chi connectivity index (χ4n) is 2.00. The van der Waals surface area contributed by atoms with Crippen LogP contribution < -0.4 is 5.73 Å². The highest BCUT2D eigenvalue weighted by Crippen LogP contribution is 2.41. The SMILES string of the molecule is NC(=O)OC1(Cl)c2ccccc2CCC1O. The Morgan fingerprint density at radius 3 is 2.94 bits per heavy atom. The Morgan fingerprint density at radius 1 is 1.56 bits per heavy atom. The average Bonchev–Trinajstić information content (AvgIpc) is 2.23. The molecule has 2 rings (SSSR count). The molecule has 4 nitrogen and oxygen atoms in total. The highest BCUT2D eigenvalue weighted by molar-refractivity contribution is 6.24. The standard InChI is InChI=1S/C11H12ClNO3/c12-11(16-10(13)15)8-4-2-1-3-7(8)5-6-9(11)14/h1-4,9,14H,5-6H2,(H2,13,15). The molecule has 0 heterocycles. The van der Waals surface area contributed by atoms with E-state index in [0.717, 1.165) is 5.56 Å². The van der Waals surface area contributed by atoms with Gasteiger partial charge in [0.15, 0.2) is 0 Å². The molecule has 2 unspecified atom stereocenters. The van der Waals surface area contributed by atoms with E-state index in [1.165, 1.54) is 0 Å². The maximum Gasteiger partial charge on any atom is 0.406 e. The predicted octanol–water partition coefficient (Wildman–Crippen LogP) is 1.48. The van der Waals surface area contributed by atoms with Gasteiger partial charge < -0.3 is 15.6 Å². The van der Waals surface area contributed by atoms with E-state index in [1.54, 1.807) is 12.1 Å². The number of primary amides is 1. The Morgan fingerprint density at radius 2 is 2.25 bits per heavy atom. The molecule has 0 spiro atoms. The van der Waals surface area contributed by atoms with Crippen LogP contribution in [0.2, 0.25) is 0 Å². The van der Waals surface area contributed by atoms with E-state index < -0.39 is 17.3 Å². The highest BCUT2D eigenvalue weighted by atomic mass is 35.5. The van der Waals surface area contributed by atoms with Crippen molar-refractivity contribution in [3.05, 3.63) is 35.4 Å². The quantitative estimate of drug-likeness (QED) is 0.732. The lowest BCUT2D eigenvalue weighted by atomic mass is 9.87. The number of aliphatic hydroxyl groups is 1. The minimum atomic E-state index is -1.55. The first-order chi connectivity index (χ1) is 7.54. The highest BCUT2D eigenvalue weighted by Gasteiger charge is 2.45. The smallest absolute Gasteiger partial charge is 0.406 e. The van der Waals surface area contributed by atoms with Gasteiger partial charge in [0.25, 0.3) is 0 Å². The molecule has 0 radical (unpaired) electrons. The van der Waals surface area contributed by atoms with E-state index in [4.69, 9.17) is 22.1 Å². The van der Waals surface area contributed by atoms with Crippen molar-refractivity contribution >= 4 is 17.7 Å². The number of nitrogens with two attached hydrogens (primary N) is 1. The molecular formula is C11H12ClNO3. The molecule has 16 heavy (non-hydrogen) atoms. The van der Waals surface area contributed by atoms with Crippen LogP contribution in [0.15, 0.2) is 24.3 Å². The zero-order chi connectivity index (χ0) is 11.8. The number of halogens is 1.